The molecule has 1 aromatic carbocycles. The Morgan fingerprint density at radius 1 is 1.03 bits per heavy atom. The van der Waals surface area contributed by atoms with Gasteiger partial charge in [-0.25, -0.2) is 0 Å². The van der Waals surface area contributed by atoms with Crippen molar-refractivity contribution in [2.45, 2.75) is 89.6 Å². The third-order valence-corrected chi connectivity index (χ3v) is 8.90. The number of fused-ring (bicyclic) bond motifs is 3. The van der Waals surface area contributed by atoms with E-state index in [0.717, 1.165) is 55.7 Å². The maximum atomic E-state index is 14.0. The fraction of sp³-hybridized carbons (Fsp3) is 0.552. The zero-order chi connectivity index (χ0) is 26.1. The highest BCUT2D eigenvalue weighted by atomic mass is 16.3. The largest absolute Gasteiger partial charge is 0.511 e. The average molecular weight is 495 g/mol. The fourth-order valence-corrected chi connectivity index (χ4v) is 7.09. The van der Waals surface area contributed by atoms with Crippen LogP contribution >= 0.6 is 0 Å². The van der Waals surface area contributed by atoms with Gasteiger partial charge in [0.05, 0.1) is 5.56 Å². The van der Waals surface area contributed by atoms with Gasteiger partial charge in [0.2, 0.25) is 5.78 Å². The fourth-order valence-electron chi connectivity index (χ4n) is 7.09. The molecule has 192 valence electrons. The molecule has 4 aliphatic carbocycles. The normalized spacial score (nSPS) is 28.8. The number of Topliss-reactive ketones (excluding diaryl/α,β-unsaturated/α-hetero) is 3. The zero-order valence-electron chi connectivity index (χ0n) is 21.1. The predicted molar refractivity (Wildman–Crippen MR) is 132 cm³/mol. The molecule has 0 aromatic heterocycles. The molecule has 0 saturated heterocycles. The monoisotopic (exact) mass is 494 g/mol. The predicted octanol–water partition coefficient (Wildman–Crippen LogP) is 4.86. The number of allylic oxidation sites excluding steroid dienone is 2. The van der Waals surface area contributed by atoms with Crippen LogP contribution in [0.5, 0.6) is 5.75 Å². The maximum Gasteiger partial charge on any atom is 0.209 e. The Hall–Kier alpha value is -2.93. The molecular weight excluding hydrogens is 460 g/mol. The molecular formula is C29H34O7. The number of aliphatic hydroxyl groups is 3. The van der Waals surface area contributed by atoms with Crippen LogP contribution in [0.3, 0.4) is 0 Å². The van der Waals surface area contributed by atoms with Crippen LogP contribution in [-0.2, 0) is 16.0 Å². The van der Waals surface area contributed by atoms with E-state index < -0.39 is 51.9 Å². The minimum Gasteiger partial charge on any atom is -0.511 e. The molecule has 1 saturated carbocycles. The van der Waals surface area contributed by atoms with Gasteiger partial charge in [0.25, 0.3) is 0 Å². The van der Waals surface area contributed by atoms with Crippen molar-refractivity contribution < 1.29 is 34.8 Å². The van der Waals surface area contributed by atoms with Crippen molar-refractivity contribution >= 4 is 17.3 Å². The van der Waals surface area contributed by atoms with Crippen LogP contribution in [0.4, 0.5) is 0 Å². The van der Waals surface area contributed by atoms with Crippen LogP contribution in [0, 0.1) is 11.8 Å². The second-order valence-electron chi connectivity index (χ2n) is 11.3. The number of rotatable bonds is 3. The first kappa shape index (κ1) is 24.8. The standard InChI is InChI=1S/C29H34O7/c1-13(2)18-12-19(15-7-5-4-6-8-15)25(32)24-20(18)10-16-9-17-11-21(31)22(14(3)30)27(34)29(17,36)28(35)23(16)26(24)33/h12-13,15-17,31-32,35-36H,4-11H2,1-3H3/t16-,17+,29-/m1/s1. The lowest BCUT2D eigenvalue weighted by Crippen LogP contribution is -2.56. The summed E-state index contributed by atoms with van der Waals surface area (Å²) in [6, 6.07) is 2.05. The molecule has 4 N–H and O–H groups in total. The molecule has 1 aromatic rings. The summed E-state index contributed by atoms with van der Waals surface area (Å²) in [6.07, 6.45) is 5.57. The number of hydrogen-bond donors (Lipinski definition) is 4. The summed E-state index contributed by atoms with van der Waals surface area (Å²) in [5, 5.41) is 44.6. The first-order valence-electron chi connectivity index (χ1n) is 13.1. The van der Waals surface area contributed by atoms with Gasteiger partial charge >= 0.3 is 0 Å². The number of phenolic OH excluding ortho intramolecular Hbond substituents is 1. The molecule has 0 bridgehead atoms. The van der Waals surface area contributed by atoms with E-state index in [-0.39, 0.29) is 41.6 Å². The molecule has 0 unspecified atom stereocenters. The number of carbonyl (C=O) groups is 3. The summed E-state index contributed by atoms with van der Waals surface area (Å²) in [4.78, 5) is 39.2. The van der Waals surface area contributed by atoms with Crippen molar-refractivity contribution in [1.82, 2.24) is 0 Å². The lowest BCUT2D eigenvalue weighted by atomic mass is 9.59. The highest BCUT2D eigenvalue weighted by Gasteiger charge is 2.59. The van der Waals surface area contributed by atoms with Gasteiger partial charge in [-0.05, 0) is 67.1 Å². The minimum absolute atomic E-state index is 0.0592. The van der Waals surface area contributed by atoms with Crippen LogP contribution in [0.1, 0.15) is 105 Å². The molecule has 0 spiro atoms. The highest BCUT2D eigenvalue weighted by Crippen LogP contribution is 2.53. The van der Waals surface area contributed by atoms with Crippen molar-refractivity contribution in [2.75, 3.05) is 0 Å². The van der Waals surface area contributed by atoms with Crippen LogP contribution in [-0.4, -0.2) is 43.4 Å². The Balaban J connectivity index is 1.68. The lowest BCUT2D eigenvalue weighted by molar-refractivity contribution is -0.144. The number of hydrogen-bond acceptors (Lipinski definition) is 7. The number of phenols is 1. The van der Waals surface area contributed by atoms with E-state index in [1.54, 1.807) is 0 Å². The SMILES string of the molecule is CC(=O)C1=C(O)C[C@@H]2C[C@@H]3Cc4c(C(C)C)cc(C5CCCCC5)c(O)c4C(=O)C3=C(O)[C@]2(O)C1=O. The summed E-state index contributed by atoms with van der Waals surface area (Å²) >= 11 is 0. The Morgan fingerprint density at radius 2 is 1.69 bits per heavy atom. The highest BCUT2D eigenvalue weighted by molar-refractivity contribution is 6.25. The smallest absolute Gasteiger partial charge is 0.209 e. The quantitative estimate of drug-likeness (QED) is 0.441. The van der Waals surface area contributed by atoms with Crippen LogP contribution in [0.15, 0.2) is 28.7 Å². The third-order valence-electron chi connectivity index (χ3n) is 8.90. The first-order chi connectivity index (χ1) is 17.0. The Morgan fingerprint density at radius 3 is 2.31 bits per heavy atom. The van der Waals surface area contributed by atoms with Gasteiger partial charge < -0.3 is 20.4 Å². The van der Waals surface area contributed by atoms with E-state index in [1.165, 1.54) is 0 Å². The number of aromatic hydroxyl groups is 1. The molecule has 7 heteroatoms. The van der Waals surface area contributed by atoms with E-state index >= 15 is 0 Å². The molecule has 0 aliphatic heterocycles. The number of benzene rings is 1. The van der Waals surface area contributed by atoms with Crippen LogP contribution in [0.25, 0.3) is 0 Å². The van der Waals surface area contributed by atoms with Gasteiger partial charge in [-0.2, -0.15) is 0 Å². The minimum atomic E-state index is -2.45. The van der Waals surface area contributed by atoms with Crippen molar-refractivity contribution in [3.63, 3.8) is 0 Å². The molecule has 0 heterocycles. The molecule has 7 nitrogen and oxygen atoms in total. The van der Waals surface area contributed by atoms with Crippen LogP contribution < -0.4 is 0 Å². The van der Waals surface area contributed by atoms with Gasteiger partial charge in [0, 0.05) is 17.9 Å². The number of aliphatic hydroxyl groups excluding tert-OH is 2. The lowest BCUT2D eigenvalue weighted by Gasteiger charge is -2.46. The Labute approximate surface area is 210 Å². The van der Waals surface area contributed by atoms with Gasteiger partial charge in [0.15, 0.2) is 17.2 Å². The maximum absolute atomic E-state index is 14.0. The summed E-state index contributed by atoms with van der Waals surface area (Å²) in [6.45, 7) is 5.22. The third kappa shape index (κ3) is 3.39. The summed E-state index contributed by atoms with van der Waals surface area (Å²) < 4.78 is 0. The van der Waals surface area contributed by atoms with Gasteiger partial charge in [-0.15, -0.1) is 0 Å². The zero-order valence-corrected chi connectivity index (χ0v) is 21.1. The van der Waals surface area contributed by atoms with E-state index in [9.17, 15) is 34.8 Å². The Bertz CT molecular complexity index is 1240. The van der Waals surface area contributed by atoms with Crippen molar-refractivity contribution in [1.29, 1.82) is 0 Å². The summed E-state index contributed by atoms with van der Waals surface area (Å²) in [7, 11) is 0. The van der Waals surface area contributed by atoms with Gasteiger partial charge in [0.1, 0.15) is 22.8 Å². The molecule has 0 radical (unpaired) electrons. The topological polar surface area (TPSA) is 132 Å². The second kappa shape index (κ2) is 8.58. The molecule has 3 atom stereocenters. The summed E-state index contributed by atoms with van der Waals surface area (Å²) in [5.41, 5.74) is -0.379. The van der Waals surface area contributed by atoms with E-state index in [1.807, 2.05) is 6.07 Å². The van der Waals surface area contributed by atoms with E-state index in [4.69, 9.17) is 0 Å². The van der Waals surface area contributed by atoms with Gasteiger partial charge in [-0.1, -0.05) is 39.2 Å². The molecule has 1 fully saturated rings. The summed E-state index contributed by atoms with van der Waals surface area (Å²) in [5.74, 6) is -4.63. The van der Waals surface area contributed by atoms with Crippen molar-refractivity contribution in [3.05, 3.63) is 51.0 Å². The number of ketones is 3. The van der Waals surface area contributed by atoms with Crippen LogP contribution in [0.2, 0.25) is 0 Å². The van der Waals surface area contributed by atoms with Crippen molar-refractivity contribution in [3.8, 4) is 5.75 Å². The van der Waals surface area contributed by atoms with E-state index in [2.05, 4.69) is 13.8 Å². The second-order valence-corrected chi connectivity index (χ2v) is 11.3. The number of carbonyl (C=O) groups excluding carboxylic acids is 3. The molecule has 5 rings (SSSR count). The molecule has 0 amide bonds. The average Bonchev–Trinajstić information content (AvgIpc) is 2.81. The van der Waals surface area contributed by atoms with E-state index in [0.29, 0.717) is 6.42 Å². The van der Waals surface area contributed by atoms with Gasteiger partial charge in [-0.3, -0.25) is 14.4 Å². The molecule has 4 aliphatic rings. The first-order valence-corrected chi connectivity index (χ1v) is 13.1. The molecule has 36 heavy (non-hydrogen) atoms. The van der Waals surface area contributed by atoms with Crippen molar-refractivity contribution in [2.24, 2.45) is 11.8 Å². The Kier molecular flexibility index (Phi) is 5.90.